The standard InChI is InChI=1S/C32H34N6O2.C2H6/c33-20-22-9-10-28-27(19-22)23(21-36-28)5-4-14-37-15-17-38(18-16-37)29-11-12-30(25-7-2-1-6-24(25)29)40-32-26(31(34)39)8-3-13-35-32;1-2/h3,8-13,19,21,36H,1-2,4-7,14-18H2,(H2,34,39);1-2H3. The number of nitrogens with two attached hydrogens (primary N) is 1. The molecule has 1 amide bonds. The lowest BCUT2D eigenvalue weighted by molar-refractivity contribution is 0.0997. The van der Waals surface area contributed by atoms with Gasteiger partial charge in [0.2, 0.25) is 5.88 Å². The van der Waals surface area contributed by atoms with Crippen molar-refractivity contribution in [2.24, 2.45) is 5.73 Å². The van der Waals surface area contributed by atoms with Gasteiger partial charge < -0.3 is 20.4 Å². The van der Waals surface area contributed by atoms with Crippen molar-refractivity contribution in [1.29, 1.82) is 5.26 Å². The number of nitrogens with zero attached hydrogens (tertiary/aromatic N) is 4. The molecule has 0 unspecified atom stereocenters. The molecule has 2 aliphatic rings. The number of rotatable bonds is 8. The largest absolute Gasteiger partial charge is 0.438 e. The van der Waals surface area contributed by atoms with Crippen LogP contribution in [0.4, 0.5) is 5.69 Å². The maximum Gasteiger partial charge on any atom is 0.254 e. The Labute approximate surface area is 248 Å². The van der Waals surface area contributed by atoms with Gasteiger partial charge in [0.1, 0.15) is 11.3 Å². The van der Waals surface area contributed by atoms with Gasteiger partial charge in [-0.05, 0) is 98.7 Å². The van der Waals surface area contributed by atoms with E-state index in [4.69, 9.17) is 10.5 Å². The fraction of sp³-hybridized carbons (Fsp3) is 0.382. The van der Waals surface area contributed by atoms with Crippen LogP contribution in [0.2, 0.25) is 0 Å². The molecule has 0 saturated carbocycles. The molecule has 0 atom stereocenters. The number of pyridine rings is 1. The van der Waals surface area contributed by atoms with Gasteiger partial charge in [-0.15, -0.1) is 0 Å². The van der Waals surface area contributed by atoms with Crippen LogP contribution in [0.3, 0.4) is 0 Å². The topological polar surface area (TPSA) is 111 Å². The van der Waals surface area contributed by atoms with E-state index in [1.165, 1.54) is 28.8 Å². The third-order valence-electron chi connectivity index (χ3n) is 8.24. The Kier molecular flexibility index (Phi) is 9.40. The lowest BCUT2D eigenvalue weighted by Crippen LogP contribution is -2.47. The minimum Gasteiger partial charge on any atom is -0.438 e. The fourth-order valence-corrected chi connectivity index (χ4v) is 6.13. The summed E-state index contributed by atoms with van der Waals surface area (Å²) in [5.74, 6) is 0.501. The average Bonchev–Trinajstić information content (AvgIpc) is 3.45. The number of benzene rings is 2. The molecule has 2 aromatic heterocycles. The highest BCUT2D eigenvalue weighted by molar-refractivity contribution is 5.95. The summed E-state index contributed by atoms with van der Waals surface area (Å²) in [6, 6.07) is 15.6. The number of H-pyrrole nitrogens is 1. The Morgan fingerprint density at radius 3 is 2.62 bits per heavy atom. The Morgan fingerprint density at radius 1 is 1.07 bits per heavy atom. The van der Waals surface area contributed by atoms with Gasteiger partial charge in [-0.1, -0.05) is 13.8 Å². The second kappa shape index (κ2) is 13.5. The SMILES string of the molecule is CC.N#Cc1ccc2[nH]cc(CCCN3CCN(c4ccc(Oc5ncccc5C(N)=O)c5c4CCCC5)CC3)c2c1. The molecule has 2 aromatic carbocycles. The number of hydrogen-bond acceptors (Lipinski definition) is 6. The number of ether oxygens (including phenoxy) is 1. The molecule has 0 spiro atoms. The number of piperazine rings is 1. The lowest BCUT2D eigenvalue weighted by Gasteiger charge is -2.38. The van der Waals surface area contributed by atoms with Crippen molar-refractivity contribution in [3.05, 3.63) is 82.7 Å². The Bertz CT molecular complexity index is 1580. The molecular formula is C34H40N6O2. The van der Waals surface area contributed by atoms with E-state index in [1.54, 1.807) is 18.3 Å². The molecule has 1 saturated heterocycles. The van der Waals surface area contributed by atoms with Crippen molar-refractivity contribution < 1.29 is 9.53 Å². The highest BCUT2D eigenvalue weighted by atomic mass is 16.5. The van der Waals surface area contributed by atoms with Crippen molar-refractivity contribution in [3.63, 3.8) is 0 Å². The van der Waals surface area contributed by atoms with Gasteiger partial charge in [-0.2, -0.15) is 5.26 Å². The molecule has 3 heterocycles. The Balaban J connectivity index is 0.00000173. The number of aromatic amines is 1. The molecule has 0 radical (unpaired) electrons. The van der Waals surface area contributed by atoms with Crippen LogP contribution in [0.25, 0.3) is 10.9 Å². The van der Waals surface area contributed by atoms with Crippen molar-refractivity contribution in [2.45, 2.75) is 52.4 Å². The number of hydrogen-bond donors (Lipinski definition) is 2. The van der Waals surface area contributed by atoms with Crippen LogP contribution in [-0.2, 0) is 19.3 Å². The van der Waals surface area contributed by atoms with E-state index in [9.17, 15) is 10.1 Å². The molecule has 1 aliphatic heterocycles. The number of amides is 1. The number of aryl methyl sites for hydroxylation is 1. The lowest BCUT2D eigenvalue weighted by atomic mass is 9.89. The third-order valence-corrected chi connectivity index (χ3v) is 8.24. The van der Waals surface area contributed by atoms with Gasteiger partial charge in [0.25, 0.3) is 5.91 Å². The molecule has 8 nitrogen and oxygen atoms in total. The van der Waals surface area contributed by atoms with E-state index in [0.29, 0.717) is 11.1 Å². The predicted octanol–water partition coefficient (Wildman–Crippen LogP) is 5.99. The Hall–Kier alpha value is -4.35. The number of nitriles is 1. The van der Waals surface area contributed by atoms with Crippen molar-refractivity contribution >= 4 is 22.5 Å². The molecule has 3 N–H and O–H groups in total. The second-order valence-electron chi connectivity index (χ2n) is 10.7. The van der Waals surface area contributed by atoms with Crippen molar-refractivity contribution in [3.8, 4) is 17.7 Å². The average molecular weight is 565 g/mol. The minimum absolute atomic E-state index is 0.266. The van der Waals surface area contributed by atoms with Gasteiger partial charge in [0, 0.05) is 60.7 Å². The number of carbonyl (C=O) groups is 1. The number of anilines is 1. The van der Waals surface area contributed by atoms with E-state index in [-0.39, 0.29) is 5.88 Å². The number of nitrogens with one attached hydrogen (secondary N) is 1. The molecule has 0 bridgehead atoms. The quantitative estimate of drug-likeness (QED) is 0.272. The first-order valence-electron chi connectivity index (χ1n) is 15.2. The van der Waals surface area contributed by atoms with Crippen LogP contribution in [-0.4, -0.2) is 53.5 Å². The van der Waals surface area contributed by atoms with Gasteiger partial charge in [-0.25, -0.2) is 4.98 Å². The highest BCUT2D eigenvalue weighted by Gasteiger charge is 2.25. The number of aromatic nitrogens is 2. The zero-order chi connectivity index (χ0) is 29.5. The van der Waals surface area contributed by atoms with Crippen LogP contribution in [0, 0.1) is 11.3 Å². The summed E-state index contributed by atoms with van der Waals surface area (Å²) >= 11 is 0. The Morgan fingerprint density at radius 2 is 1.86 bits per heavy atom. The van der Waals surface area contributed by atoms with E-state index in [2.05, 4.69) is 38.1 Å². The molecule has 1 fully saturated rings. The first-order valence-corrected chi connectivity index (χ1v) is 15.2. The molecular weight excluding hydrogens is 524 g/mol. The van der Waals surface area contributed by atoms with E-state index >= 15 is 0 Å². The summed E-state index contributed by atoms with van der Waals surface area (Å²) in [7, 11) is 0. The first-order chi connectivity index (χ1) is 20.6. The zero-order valence-electron chi connectivity index (χ0n) is 24.7. The highest BCUT2D eigenvalue weighted by Crippen LogP contribution is 2.39. The van der Waals surface area contributed by atoms with E-state index < -0.39 is 5.91 Å². The molecule has 6 rings (SSSR count). The minimum atomic E-state index is -0.541. The number of fused-ring (bicyclic) bond motifs is 2. The van der Waals surface area contributed by atoms with Gasteiger partial charge in [-0.3, -0.25) is 9.69 Å². The summed E-state index contributed by atoms with van der Waals surface area (Å²) < 4.78 is 6.19. The maximum absolute atomic E-state index is 11.9. The van der Waals surface area contributed by atoms with Crippen LogP contribution in [0.5, 0.6) is 11.6 Å². The van der Waals surface area contributed by atoms with Gasteiger partial charge in [0.05, 0.1) is 11.6 Å². The smallest absolute Gasteiger partial charge is 0.254 e. The van der Waals surface area contributed by atoms with Crippen LogP contribution >= 0.6 is 0 Å². The summed E-state index contributed by atoms with van der Waals surface area (Å²) in [6.07, 6.45) is 10.1. The van der Waals surface area contributed by atoms with Crippen molar-refractivity contribution in [2.75, 3.05) is 37.6 Å². The summed E-state index contributed by atoms with van der Waals surface area (Å²) in [5, 5.41) is 10.4. The monoisotopic (exact) mass is 564 g/mol. The predicted molar refractivity (Wildman–Crippen MR) is 167 cm³/mol. The maximum atomic E-state index is 11.9. The van der Waals surface area contributed by atoms with Gasteiger partial charge in [0.15, 0.2) is 0 Å². The number of primary amides is 1. The van der Waals surface area contributed by atoms with Crippen LogP contribution in [0.15, 0.2) is 54.9 Å². The number of carbonyl (C=O) groups excluding carboxylic acids is 1. The summed E-state index contributed by atoms with van der Waals surface area (Å²) in [6.45, 7) is 9.13. The first kappa shape index (κ1) is 29.2. The molecule has 1 aliphatic carbocycles. The normalized spacial score (nSPS) is 14.9. The fourth-order valence-electron chi connectivity index (χ4n) is 6.13. The third kappa shape index (κ3) is 6.27. The molecule has 42 heavy (non-hydrogen) atoms. The van der Waals surface area contributed by atoms with Gasteiger partial charge >= 0.3 is 0 Å². The van der Waals surface area contributed by atoms with Crippen LogP contribution < -0.4 is 15.4 Å². The molecule has 4 aromatic rings. The molecule has 218 valence electrons. The van der Waals surface area contributed by atoms with E-state index in [1.807, 2.05) is 38.1 Å². The van der Waals surface area contributed by atoms with Crippen LogP contribution in [0.1, 0.15) is 65.7 Å². The summed E-state index contributed by atoms with van der Waals surface area (Å²) in [4.78, 5) is 24.6. The molecule has 8 heteroatoms. The second-order valence-corrected chi connectivity index (χ2v) is 10.7. The zero-order valence-corrected chi connectivity index (χ0v) is 24.7. The van der Waals surface area contributed by atoms with E-state index in [0.717, 1.165) is 81.5 Å². The van der Waals surface area contributed by atoms with Crippen molar-refractivity contribution in [1.82, 2.24) is 14.9 Å². The summed E-state index contributed by atoms with van der Waals surface area (Å²) in [5.41, 5.74) is 12.8.